The van der Waals surface area contributed by atoms with Gasteiger partial charge < -0.3 is 9.84 Å². The number of phenolic OH excluding ortho intramolecular Hbond substituents is 1. The fourth-order valence-corrected chi connectivity index (χ4v) is 1.18. The minimum atomic E-state index is 0.115. The van der Waals surface area contributed by atoms with E-state index in [0.29, 0.717) is 16.8 Å². The highest BCUT2D eigenvalue weighted by Crippen LogP contribution is 2.28. The first-order valence-corrected chi connectivity index (χ1v) is 3.79. The maximum absolute atomic E-state index is 9.43. The number of methoxy groups -OCH3 is 1. The van der Waals surface area contributed by atoms with Crippen LogP contribution in [-0.4, -0.2) is 22.2 Å². The number of phenols is 1. The van der Waals surface area contributed by atoms with E-state index in [4.69, 9.17) is 4.74 Å². The van der Waals surface area contributed by atoms with Gasteiger partial charge in [0.25, 0.3) is 0 Å². The van der Waals surface area contributed by atoms with E-state index in [9.17, 15) is 5.11 Å². The second-order valence-electron chi connectivity index (χ2n) is 2.54. The number of ether oxygens (including phenoxy) is 1. The zero-order valence-electron chi connectivity index (χ0n) is 7.06. The van der Waals surface area contributed by atoms with Gasteiger partial charge in [-0.15, -0.1) is 0 Å². The lowest BCUT2D eigenvalue weighted by atomic mass is 10.2. The molecular weight excluding hydrogens is 168 g/mol. The lowest BCUT2D eigenvalue weighted by Crippen LogP contribution is -1.89. The number of aromatic nitrogens is 2. The summed E-state index contributed by atoms with van der Waals surface area (Å²) in [6.45, 7) is 0. The average molecular weight is 176 g/mol. The maximum Gasteiger partial charge on any atom is 0.146 e. The third kappa shape index (κ3) is 1.16. The summed E-state index contributed by atoms with van der Waals surface area (Å²) in [5.74, 6) is 0.727. The van der Waals surface area contributed by atoms with Crippen LogP contribution in [0.15, 0.2) is 24.5 Å². The van der Waals surface area contributed by atoms with Crippen molar-refractivity contribution in [2.75, 3.05) is 7.11 Å². The van der Waals surface area contributed by atoms with Gasteiger partial charge in [0, 0.05) is 12.4 Å². The number of hydrogen-bond donors (Lipinski definition) is 1. The van der Waals surface area contributed by atoms with Crippen molar-refractivity contribution in [3.63, 3.8) is 0 Å². The largest absolute Gasteiger partial charge is 0.506 e. The lowest BCUT2D eigenvalue weighted by Gasteiger charge is -2.03. The van der Waals surface area contributed by atoms with Crippen LogP contribution >= 0.6 is 0 Å². The Labute approximate surface area is 74.8 Å². The summed E-state index contributed by atoms with van der Waals surface area (Å²) >= 11 is 0. The molecule has 0 radical (unpaired) electrons. The van der Waals surface area contributed by atoms with Gasteiger partial charge in [0.2, 0.25) is 0 Å². The zero-order valence-corrected chi connectivity index (χ0v) is 7.06. The molecule has 2 aromatic rings. The smallest absolute Gasteiger partial charge is 0.146 e. The Hall–Kier alpha value is -1.84. The first-order valence-electron chi connectivity index (χ1n) is 3.79. The van der Waals surface area contributed by atoms with E-state index in [-0.39, 0.29) is 5.75 Å². The number of rotatable bonds is 1. The highest BCUT2D eigenvalue weighted by Gasteiger charge is 2.06. The van der Waals surface area contributed by atoms with Crippen LogP contribution in [0.4, 0.5) is 0 Å². The van der Waals surface area contributed by atoms with Crippen LogP contribution in [0.25, 0.3) is 11.0 Å². The SMILES string of the molecule is COc1ccc(O)c2nccnc12. The summed E-state index contributed by atoms with van der Waals surface area (Å²) in [6, 6.07) is 3.20. The van der Waals surface area contributed by atoms with Gasteiger partial charge in [-0.2, -0.15) is 0 Å². The number of benzene rings is 1. The van der Waals surface area contributed by atoms with E-state index in [0.717, 1.165) is 0 Å². The molecule has 4 nitrogen and oxygen atoms in total. The molecule has 0 amide bonds. The van der Waals surface area contributed by atoms with Gasteiger partial charge in [-0.25, -0.2) is 9.97 Å². The van der Waals surface area contributed by atoms with Gasteiger partial charge in [-0.3, -0.25) is 0 Å². The second kappa shape index (κ2) is 2.90. The topological polar surface area (TPSA) is 55.2 Å². The molecule has 1 heterocycles. The van der Waals surface area contributed by atoms with Gasteiger partial charge in [-0.1, -0.05) is 0 Å². The van der Waals surface area contributed by atoms with Crippen molar-refractivity contribution in [2.45, 2.75) is 0 Å². The minimum absolute atomic E-state index is 0.115. The zero-order chi connectivity index (χ0) is 9.26. The number of aromatic hydroxyl groups is 1. The van der Waals surface area contributed by atoms with Crippen molar-refractivity contribution >= 4 is 11.0 Å². The van der Waals surface area contributed by atoms with Gasteiger partial charge in [0.05, 0.1) is 7.11 Å². The average Bonchev–Trinajstić information content (AvgIpc) is 2.19. The Balaban J connectivity index is 2.84. The van der Waals surface area contributed by atoms with Crippen molar-refractivity contribution in [1.82, 2.24) is 9.97 Å². The van der Waals surface area contributed by atoms with E-state index in [1.54, 1.807) is 19.4 Å². The molecule has 1 aromatic heterocycles. The molecule has 0 aliphatic carbocycles. The first-order chi connectivity index (χ1) is 6.33. The molecule has 0 unspecified atom stereocenters. The van der Waals surface area contributed by atoms with E-state index < -0.39 is 0 Å². The fourth-order valence-electron chi connectivity index (χ4n) is 1.18. The third-order valence-electron chi connectivity index (χ3n) is 1.79. The molecule has 0 atom stereocenters. The summed E-state index contributed by atoms with van der Waals surface area (Å²) in [5, 5.41) is 9.43. The van der Waals surface area contributed by atoms with Crippen molar-refractivity contribution in [3.05, 3.63) is 24.5 Å². The molecule has 4 heteroatoms. The van der Waals surface area contributed by atoms with Crippen molar-refractivity contribution in [1.29, 1.82) is 0 Å². The summed E-state index contributed by atoms with van der Waals surface area (Å²) in [4.78, 5) is 8.06. The third-order valence-corrected chi connectivity index (χ3v) is 1.79. The summed E-state index contributed by atoms with van der Waals surface area (Å²) in [7, 11) is 1.56. The Kier molecular flexibility index (Phi) is 1.73. The molecule has 0 aliphatic heterocycles. The molecule has 1 aromatic carbocycles. The molecular formula is C9H8N2O2. The molecule has 2 rings (SSSR count). The quantitative estimate of drug-likeness (QED) is 0.712. The molecule has 66 valence electrons. The highest BCUT2D eigenvalue weighted by molar-refractivity contribution is 5.85. The standard InChI is InChI=1S/C9H8N2O2/c1-13-7-3-2-6(12)8-9(7)11-5-4-10-8/h2-5,12H,1H3. The number of fused-ring (bicyclic) bond motifs is 1. The Bertz CT molecular complexity index is 443. The minimum Gasteiger partial charge on any atom is -0.506 e. The monoisotopic (exact) mass is 176 g/mol. The highest BCUT2D eigenvalue weighted by atomic mass is 16.5. The molecule has 0 bridgehead atoms. The van der Waals surface area contributed by atoms with Crippen LogP contribution in [0, 0.1) is 0 Å². The summed E-state index contributed by atoms with van der Waals surface area (Å²) < 4.78 is 5.07. The first kappa shape index (κ1) is 7.79. The van der Waals surface area contributed by atoms with Crippen LogP contribution in [0.3, 0.4) is 0 Å². The Morgan fingerprint density at radius 3 is 2.54 bits per heavy atom. The van der Waals surface area contributed by atoms with Crippen molar-refractivity contribution in [2.24, 2.45) is 0 Å². The van der Waals surface area contributed by atoms with Crippen LogP contribution in [-0.2, 0) is 0 Å². The maximum atomic E-state index is 9.43. The molecule has 0 saturated carbocycles. The van der Waals surface area contributed by atoms with Gasteiger partial charge >= 0.3 is 0 Å². The molecule has 13 heavy (non-hydrogen) atoms. The number of hydrogen-bond acceptors (Lipinski definition) is 4. The van der Waals surface area contributed by atoms with Gasteiger partial charge in [0.1, 0.15) is 22.5 Å². The normalized spacial score (nSPS) is 10.2. The molecule has 0 spiro atoms. The summed E-state index contributed by atoms with van der Waals surface area (Å²) in [5.41, 5.74) is 1.03. The van der Waals surface area contributed by atoms with E-state index in [1.807, 2.05) is 0 Å². The van der Waals surface area contributed by atoms with Crippen molar-refractivity contribution in [3.8, 4) is 11.5 Å². The Morgan fingerprint density at radius 2 is 1.85 bits per heavy atom. The molecule has 0 aliphatic rings. The van der Waals surface area contributed by atoms with E-state index >= 15 is 0 Å². The van der Waals surface area contributed by atoms with Crippen LogP contribution in [0.2, 0.25) is 0 Å². The van der Waals surface area contributed by atoms with Crippen LogP contribution in [0.5, 0.6) is 11.5 Å². The van der Waals surface area contributed by atoms with E-state index in [1.165, 1.54) is 12.3 Å². The predicted molar refractivity (Wildman–Crippen MR) is 47.8 cm³/mol. The van der Waals surface area contributed by atoms with Crippen LogP contribution in [0.1, 0.15) is 0 Å². The molecule has 1 N–H and O–H groups in total. The Morgan fingerprint density at radius 1 is 1.15 bits per heavy atom. The van der Waals surface area contributed by atoms with Crippen LogP contribution < -0.4 is 4.74 Å². The lowest BCUT2D eigenvalue weighted by molar-refractivity contribution is 0.417. The van der Waals surface area contributed by atoms with Crippen molar-refractivity contribution < 1.29 is 9.84 Å². The number of nitrogens with zero attached hydrogens (tertiary/aromatic N) is 2. The molecule has 0 fully saturated rings. The second-order valence-corrected chi connectivity index (χ2v) is 2.54. The predicted octanol–water partition coefficient (Wildman–Crippen LogP) is 1.34. The molecule has 0 saturated heterocycles. The van der Waals surface area contributed by atoms with E-state index in [2.05, 4.69) is 9.97 Å². The van der Waals surface area contributed by atoms with Gasteiger partial charge in [-0.05, 0) is 12.1 Å². The summed E-state index contributed by atoms with van der Waals surface area (Å²) in [6.07, 6.45) is 3.09. The fraction of sp³-hybridized carbons (Fsp3) is 0.111. The van der Waals surface area contributed by atoms with Gasteiger partial charge in [0.15, 0.2) is 0 Å².